The van der Waals surface area contributed by atoms with Gasteiger partial charge in [-0.25, -0.2) is 0 Å². The van der Waals surface area contributed by atoms with Crippen LogP contribution in [0.2, 0.25) is 0 Å². The maximum atomic E-state index is 11.6. The van der Waals surface area contributed by atoms with Gasteiger partial charge in [0.1, 0.15) is 0 Å². The zero-order chi connectivity index (χ0) is 11.2. The highest BCUT2D eigenvalue weighted by atomic mass is 16.5. The minimum Gasteiger partial charge on any atom is -0.380 e. The Bertz CT molecular complexity index is 181. The fourth-order valence-electron chi connectivity index (χ4n) is 1.06. The van der Waals surface area contributed by atoms with Gasteiger partial charge in [0.15, 0.2) is 0 Å². The Labute approximate surface area is 86.4 Å². The first-order chi connectivity index (χ1) is 6.44. The molecule has 0 heterocycles. The van der Waals surface area contributed by atoms with Crippen LogP contribution in [0.15, 0.2) is 0 Å². The van der Waals surface area contributed by atoms with Crippen LogP contribution >= 0.6 is 0 Å². The molecule has 84 valence electrons. The van der Waals surface area contributed by atoms with Crippen molar-refractivity contribution in [2.75, 3.05) is 20.2 Å². The Morgan fingerprint density at radius 1 is 1.50 bits per heavy atom. The van der Waals surface area contributed by atoms with Crippen LogP contribution in [-0.4, -0.2) is 37.7 Å². The van der Waals surface area contributed by atoms with Gasteiger partial charge in [0.05, 0.1) is 11.6 Å². The van der Waals surface area contributed by atoms with Crippen LogP contribution in [-0.2, 0) is 9.53 Å². The highest BCUT2D eigenvalue weighted by Gasteiger charge is 2.25. The van der Waals surface area contributed by atoms with Gasteiger partial charge in [-0.2, -0.15) is 0 Å². The van der Waals surface area contributed by atoms with Gasteiger partial charge >= 0.3 is 0 Å². The Kier molecular flexibility index (Phi) is 5.72. The van der Waals surface area contributed by atoms with Crippen LogP contribution in [0.1, 0.15) is 27.7 Å². The Balaban J connectivity index is 3.94. The van der Waals surface area contributed by atoms with Crippen molar-refractivity contribution >= 4 is 5.91 Å². The molecule has 0 spiro atoms. The summed E-state index contributed by atoms with van der Waals surface area (Å²) in [5.74, 6) is 0.00301. The van der Waals surface area contributed by atoms with E-state index < -0.39 is 5.54 Å². The number of amides is 1. The molecule has 1 atom stereocenters. The minimum atomic E-state index is -0.512. The van der Waals surface area contributed by atoms with Gasteiger partial charge in [-0.1, -0.05) is 6.92 Å². The van der Waals surface area contributed by atoms with Crippen LogP contribution in [0, 0.1) is 0 Å². The number of likely N-dealkylation sites (N-methyl/N-ethyl adjacent to an activating group) is 1. The molecule has 0 saturated carbocycles. The van der Waals surface area contributed by atoms with Crippen molar-refractivity contribution in [1.82, 2.24) is 10.6 Å². The minimum absolute atomic E-state index is 0.00301. The van der Waals surface area contributed by atoms with Crippen LogP contribution in [0.25, 0.3) is 0 Å². The summed E-state index contributed by atoms with van der Waals surface area (Å²) >= 11 is 0. The number of hydrogen-bond acceptors (Lipinski definition) is 3. The highest BCUT2D eigenvalue weighted by molar-refractivity contribution is 5.85. The lowest BCUT2D eigenvalue weighted by molar-refractivity contribution is -0.126. The lowest BCUT2D eigenvalue weighted by Gasteiger charge is -2.25. The second-order valence-electron chi connectivity index (χ2n) is 3.91. The van der Waals surface area contributed by atoms with Crippen LogP contribution in [0.5, 0.6) is 0 Å². The maximum Gasteiger partial charge on any atom is 0.239 e. The Morgan fingerprint density at radius 3 is 2.50 bits per heavy atom. The second kappa shape index (κ2) is 5.98. The van der Waals surface area contributed by atoms with Gasteiger partial charge in [-0.15, -0.1) is 0 Å². The third-order valence-electron chi connectivity index (χ3n) is 2.14. The van der Waals surface area contributed by atoms with E-state index in [1.807, 2.05) is 27.7 Å². The van der Waals surface area contributed by atoms with E-state index in [4.69, 9.17) is 4.74 Å². The molecule has 0 fully saturated rings. The van der Waals surface area contributed by atoms with Crippen molar-refractivity contribution in [3.05, 3.63) is 0 Å². The molecule has 0 aromatic heterocycles. The number of carbonyl (C=O) groups excluding carboxylic acids is 1. The Hall–Kier alpha value is -0.610. The predicted octanol–water partition coefficient (Wildman–Crippen LogP) is 0.526. The largest absolute Gasteiger partial charge is 0.380 e. The molecular formula is C10H22N2O2. The lowest BCUT2D eigenvalue weighted by atomic mass is 10.0. The number of rotatable bonds is 6. The van der Waals surface area contributed by atoms with E-state index in [-0.39, 0.29) is 12.0 Å². The lowest BCUT2D eigenvalue weighted by Crippen LogP contribution is -2.53. The normalized spacial score (nSPS) is 13.8. The summed E-state index contributed by atoms with van der Waals surface area (Å²) in [7, 11) is 1.63. The third-order valence-corrected chi connectivity index (χ3v) is 2.14. The maximum absolute atomic E-state index is 11.6. The van der Waals surface area contributed by atoms with Crippen molar-refractivity contribution in [3.63, 3.8) is 0 Å². The monoisotopic (exact) mass is 202 g/mol. The molecular weight excluding hydrogens is 180 g/mol. The van der Waals surface area contributed by atoms with E-state index in [0.29, 0.717) is 6.54 Å². The van der Waals surface area contributed by atoms with Gasteiger partial charge in [-0.3, -0.25) is 4.79 Å². The van der Waals surface area contributed by atoms with Crippen molar-refractivity contribution in [2.45, 2.75) is 39.3 Å². The summed E-state index contributed by atoms with van der Waals surface area (Å²) in [6, 6.07) is 0. The molecule has 0 rings (SSSR count). The highest BCUT2D eigenvalue weighted by Crippen LogP contribution is 2.01. The standard InChI is InChI=1S/C10H22N2O2/c1-6-12-10(3,4)9(13)11-7-8(2)14-5/h8,12H,6-7H2,1-5H3,(H,11,13). The summed E-state index contributed by atoms with van der Waals surface area (Å²) in [5, 5.41) is 5.94. The molecule has 0 aliphatic carbocycles. The van der Waals surface area contributed by atoms with Gasteiger partial charge in [0.25, 0.3) is 0 Å². The average molecular weight is 202 g/mol. The zero-order valence-electron chi connectivity index (χ0n) is 9.81. The molecule has 0 aromatic rings. The third kappa shape index (κ3) is 4.58. The molecule has 4 heteroatoms. The average Bonchev–Trinajstić information content (AvgIpc) is 2.13. The van der Waals surface area contributed by atoms with Gasteiger partial charge in [0, 0.05) is 13.7 Å². The summed E-state index contributed by atoms with van der Waals surface area (Å²) in [6.45, 7) is 8.95. The molecule has 1 amide bonds. The second-order valence-corrected chi connectivity index (χ2v) is 3.91. The van der Waals surface area contributed by atoms with E-state index in [2.05, 4.69) is 10.6 Å². The zero-order valence-corrected chi connectivity index (χ0v) is 9.81. The Morgan fingerprint density at radius 2 is 2.07 bits per heavy atom. The number of methoxy groups -OCH3 is 1. The smallest absolute Gasteiger partial charge is 0.239 e. The van der Waals surface area contributed by atoms with Gasteiger partial charge < -0.3 is 15.4 Å². The summed E-state index contributed by atoms with van der Waals surface area (Å²) in [6.07, 6.45) is 0.0522. The molecule has 0 aromatic carbocycles. The van der Waals surface area contributed by atoms with Gasteiger partial charge in [0.2, 0.25) is 5.91 Å². The van der Waals surface area contributed by atoms with Crippen LogP contribution < -0.4 is 10.6 Å². The van der Waals surface area contributed by atoms with Crippen LogP contribution in [0.3, 0.4) is 0 Å². The van der Waals surface area contributed by atoms with E-state index in [9.17, 15) is 4.79 Å². The van der Waals surface area contributed by atoms with Crippen molar-refractivity contribution in [3.8, 4) is 0 Å². The van der Waals surface area contributed by atoms with E-state index in [1.54, 1.807) is 7.11 Å². The number of carbonyl (C=O) groups is 1. The van der Waals surface area contributed by atoms with Gasteiger partial charge in [-0.05, 0) is 27.3 Å². The molecule has 14 heavy (non-hydrogen) atoms. The quantitative estimate of drug-likeness (QED) is 0.660. The van der Waals surface area contributed by atoms with Crippen LogP contribution in [0.4, 0.5) is 0 Å². The van der Waals surface area contributed by atoms with Crippen molar-refractivity contribution in [1.29, 1.82) is 0 Å². The number of ether oxygens (including phenoxy) is 1. The van der Waals surface area contributed by atoms with Crippen molar-refractivity contribution < 1.29 is 9.53 Å². The first kappa shape index (κ1) is 13.4. The first-order valence-electron chi connectivity index (χ1n) is 5.00. The number of hydrogen-bond donors (Lipinski definition) is 2. The number of nitrogens with one attached hydrogen (secondary N) is 2. The SMILES string of the molecule is CCNC(C)(C)C(=O)NCC(C)OC. The topological polar surface area (TPSA) is 50.4 Å². The molecule has 0 aliphatic rings. The fourth-order valence-corrected chi connectivity index (χ4v) is 1.06. The van der Waals surface area contributed by atoms with E-state index in [1.165, 1.54) is 0 Å². The molecule has 0 saturated heterocycles. The first-order valence-corrected chi connectivity index (χ1v) is 5.00. The van der Waals surface area contributed by atoms with E-state index in [0.717, 1.165) is 6.54 Å². The summed E-state index contributed by atoms with van der Waals surface area (Å²) in [5.41, 5.74) is -0.512. The summed E-state index contributed by atoms with van der Waals surface area (Å²) in [4.78, 5) is 11.6. The molecule has 2 N–H and O–H groups in total. The fraction of sp³-hybridized carbons (Fsp3) is 0.900. The molecule has 4 nitrogen and oxygen atoms in total. The summed E-state index contributed by atoms with van der Waals surface area (Å²) < 4.78 is 5.04. The molecule has 0 bridgehead atoms. The molecule has 1 unspecified atom stereocenters. The molecule has 0 radical (unpaired) electrons. The van der Waals surface area contributed by atoms with E-state index >= 15 is 0 Å². The predicted molar refractivity (Wildman–Crippen MR) is 57.2 cm³/mol. The van der Waals surface area contributed by atoms with Crippen molar-refractivity contribution in [2.24, 2.45) is 0 Å². The molecule has 0 aliphatic heterocycles.